The number of carbonyl (C=O) groups excluding carboxylic acids is 1. The van der Waals surface area contributed by atoms with E-state index in [1.54, 1.807) is 0 Å². The zero-order chi connectivity index (χ0) is 17.6. The van der Waals surface area contributed by atoms with E-state index >= 15 is 0 Å². The molecule has 27 heavy (non-hydrogen) atoms. The molecule has 0 radical (unpaired) electrons. The SMILES string of the molecule is Cc1ccc(C(CNC(=O)[C@@H]2CC[C@H](CN)O2)N2CCOCC2)cc1.Cl.Cl. The van der Waals surface area contributed by atoms with Gasteiger partial charge in [-0.1, -0.05) is 29.8 Å². The zero-order valence-corrected chi connectivity index (χ0v) is 17.4. The van der Waals surface area contributed by atoms with Crippen LogP contribution >= 0.6 is 24.8 Å². The van der Waals surface area contributed by atoms with E-state index in [0.717, 1.165) is 39.1 Å². The Hall–Kier alpha value is -0.890. The molecule has 2 aliphatic rings. The quantitative estimate of drug-likeness (QED) is 0.735. The van der Waals surface area contributed by atoms with Crippen LogP contribution in [0, 0.1) is 6.92 Å². The lowest BCUT2D eigenvalue weighted by atomic mass is 10.0. The van der Waals surface area contributed by atoms with Gasteiger partial charge in [-0.25, -0.2) is 0 Å². The standard InChI is InChI=1S/C19H29N3O3.2ClH/c1-14-2-4-15(5-3-14)17(22-8-10-24-11-9-22)13-21-19(23)18-7-6-16(12-20)25-18;;/h2-5,16-18H,6-13,20H2,1H3,(H,21,23);2*1H/t16-,17?,18+;;/m1../s1. The van der Waals surface area contributed by atoms with Crippen molar-refractivity contribution < 1.29 is 14.3 Å². The predicted octanol–water partition coefficient (Wildman–Crippen LogP) is 1.83. The number of carbonyl (C=O) groups is 1. The lowest BCUT2D eigenvalue weighted by Crippen LogP contribution is -2.45. The van der Waals surface area contributed by atoms with E-state index in [1.807, 2.05) is 0 Å². The number of nitrogens with zero attached hydrogens (tertiary/aromatic N) is 1. The van der Waals surface area contributed by atoms with Crippen molar-refractivity contribution in [2.45, 2.75) is 38.0 Å². The topological polar surface area (TPSA) is 76.8 Å². The van der Waals surface area contributed by atoms with Crippen molar-refractivity contribution in [3.8, 4) is 0 Å². The highest BCUT2D eigenvalue weighted by molar-refractivity contribution is 5.85. The maximum absolute atomic E-state index is 12.5. The molecule has 1 aromatic carbocycles. The molecule has 3 N–H and O–H groups in total. The van der Waals surface area contributed by atoms with Crippen molar-refractivity contribution in [1.29, 1.82) is 0 Å². The van der Waals surface area contributed by atoms with Crippen molar-refractivity contribution in [2.75, 3.05) is 39.4 Å². The van der Waals surface area contributed by atoms with E-state index in [4.69, 9.17) is 15.2 Å². The maximum Gasteiger partial charge on any atom is 0.249 e. The summed E-state index contributed by atoms with van der Waals surface area (Å²) in [6.07, 6.45) is 1.26. The number of ether oxygens (including phenoxy) is 2. The van der Waals surface area contributed by atoms with Gasteiger partial charge in [0.15, 0.2) is 0 Å². The number of benzene rings is 1. The van der Waals surface area contributed by atoms with Gasteiger partial charge in [0.25, 0.3) is 0 Å². The molecule has 0 spiro atoms. The Kier molecular flexibility index (Phi) is 10.6. The highest BCUT2D eigenvalue weighted by Crippen LogP contribution is 2.23. The van der Waals surface area contributed by atoms with E-state index in [2.05, 4.69) is 41.4 Å². The van der Waals surface area contributed by atoms with Crippen molar-refractivity contribution in [1.82, 2.24) is 10.2 Å². The third-order valence-corrected chi connectivity index (χ3v) is 5.08. The van der Waals surface area contributed by atoms with Gasteiger partial charge in [0.2, 0.25) is 5.91 Å². The van der Waals surface area contributed by atoms with Gasteiger partial charge in [0, 0.05) is 26.2 Å². The number of hydrogen-bond donors (Lipinski definition) is 2. The molecule has 0 saturated carbocycles. The van der Waals surface area contributed by atoms with Crippen molar-refractivity contribution >= 4 is 30.7 Å². The number of nitrogens with two attached hydrogens (primary N) is 1. The van der Waals surface area contributed by atoms with Gasteiger partial charge in [0.05, 0.1) is 25.4 Å². The summed E-state index contributed by atoms with van der Waals surface area (Å²) in [4.78, 5) is 14.8. The summed E-state index contributed by atoms with van der Waals surface area (Å²) in [6, 6.07) is 8.70. The molecule has 1 unspecified atom stereocenters. The van der Waals surface area contributed by atoms with Gasteiger partial charge in [-0.2, -0.15) is 0 Å². The summed E-state index contributed by atoms with van der Waals surface area (Å²) in [5.74, 6) is -0.0266. The van der Waals surface area contributed by atoms with Gasteiger partial charge in [0.1, 0.15) is 6.10 Å². The number of halogens is 2. The van der Waals surface area contributed by atoms with Crippen molar-refractivity contribution in [3.05, 3.63) is 35.4 Å². The Morgan fingerprint density at radius 1 is 1.22 bits per heavy atom. The fourth-order valence-electron chi connectivity index (χ4n) is 3.52. The Labute approximate surface area is 174 Å². The first kappa shape index (κ1) is 24.1. The summed E-state index contributed by atoms with van der Waals surface area (Å²) in [6.45, 7) is 6.37. The average Bonchev–Trinajstić information content (AvgIpc) is 3.13. The number of aryl methyl sites for hydroxylation is 1. The molecule has 2 aliphatic heterocycles. The number of morpholine rings is 1. The molecule has 154 valence electrons. The Morgan fingerprint density at radius 2 is 1.89 bits per heavy atom. The van der Waals surface area contributed by atoms with Crippen molar-refractivity contribution in [2.24, 2.45) is 5.73 Å². The average molecular weight is 420 g/mol. The molecule has 3 atom stereocenters. The Balaban J connectivity index is 0.00000182. The van der Waals surface area contributed by atoms with Gasteiger partial charge < -0.3 is 20.5 Å². The summed E-state index contributed by atoms with van der Waals surface area (Å²) >= 11 is 0. The molecule has 1 aromatic rings. The van der Waals surface area contributed by atoms with Crippen LogP contribution < -0.4 is 11.1 Å². The van der Waals surface area contributed by atoms with Crippen LogP contribution in [-0.4, -0.2) is 62.4 Å². The van der Waals surface area contributed by atoms with E-state index in [9.17, 15) is 4.79 Å². The van der Waals surface area contributed by atoms with Crippen LogP contribution in [0.2, 0.25) is 0 Å². The predicted molar refractivity (Wildman–Crippen MR) is 111 cm³/mol. The van der Waals surface area contributed by atoms with Gasteiger partial charge >= 0.3 is 0 Å². The monoisotopic (exact) mass is 419 g/mol. The minimum absolute atomic E-state index is 0. The van der Waals surface area contributed by atoms with Gasteiger partial charge in [-0.3, -0.25) is 9.69 Å². The highest BCUT2D eigenvalue weighted by Gasteiger charge is 2.31. The Bertz CT molecular complexity index is 568. The molecule has 0 bridgehead atoms. The minimum Gasteiger partial charge on any atom is -0.379 e. The second kappa shape index (κ2) is 11.8. The summed E-state index contributed by atoms with van der Waals surface area (Å²) < 4.78 is 11.2. The number of hydrogen-bond acceptors (Lipinski definition) is 5. The molecule has 3 rings (SSSR count). The molecule has 0 aromatic heterocycles. The largest absolute Gasteiger partial charge is 0.379 e. The summed E-state index contributed by atoms with van der Waals surface area (Å²) in [7, 11) is 0. The fourth-order valence-corrected chi connectivity index (χ4v) is 3.52. The molecule has 8 heteroatoms. The van der Waals surface area contributed by atoms with Gasteiger partial charge in [-0.15, -0.1) is 24.8 Å². The second-order valence-corrected chi connectivity index (χ2v) is 6.88. The van der Waals surface area contributed by atoms with Crippen LogP contribution in [0.15, 0.2) is 24.3 Å². The molecule has 0 aliphatic carbocycles. The van der Waals surface area contributed by atoms with Gasteiger partial charge in [-0.05, 0) is 25.3 Å². The lowest BCUT2D eigenvalue weighted by Gasteiger charge is -2.35. The first-order valence-electron chi connectivity index (χ1n) is 9.19. The van der Waals surface area contributed by atoms with E-state index in [-0.39, 0.29) is 49.0 Å². The first-order chi connectivity index (χ1) is 12.2. The van der Waals surface area contributed by atoms with Crippen LogP contribution in [0.1, 0.15) is 30.0 Å². The maximum atomic E-state index is 12.5. The molecule has 1 amide bonds. The van der Waals surface area contributed by atoms with E-state index < -0.39 is 0 Å². The smallest absolute Gasteiger partial charge is 0.249 e. The molecule has 2 fully saturated rings. The number of nitrogens with one attached hydrogen (secondary N) is 1. The van der Waals surface area contributed by atoms with Crippen LogP contribution in [-0.2, 0) is 14.3 Å². The number of amides is 1. The van der Waals surface area contributed by atoms with Crippen LogP contribution in [0.25, 0.3) is 0 Å². The molecule has 2 saturated heterocycles. The Morgan fingerprint density at radius 3 is 2.48 bits per heavy atom. The number of rotatable bonds is 6. The van der Waals surface area contributed by atoms with E-state index in [0.29, 0.717) is 13.1 Å². The third kappa shape index (κ3) is 6.59. The molecular formula is C19H31Cl2N3O3. The first-order valence-corrected chi connectivity index (χ1v) is 9.19. The molecular weight excluding hydrogens is 389 g/mol. The van der Waals surface area contributed by atoms with Crippen LogP contribution in [0.4, 0.5) is 0 Å². The van der Waals surface area contributed by atoms with E-state index in [1.165, 1.54) is 11.1 Å². The van der Waals surface area contributed by atoms with Crippen LogP contribution in [0.3, 0.4) is 0 Å². The molecule has 2 heterocycles. The fraction of sp³-hybridized carbons (Fsp3) is 0.632. The summed E-state index contributed by atoms with van der Waals surface area (Å²) in [5, 5.41) is 3.09. The normalized spacial score (nSPS) is 23.8. The second-order valence-electron chi connectivity index (χ2n) is 6.88. The minimum atomic E-state index is -0.364. The highest BCUT2D eigenvalue weighted by atomic mass is 35.5. The molecule has 6 nitrogen and oxygen atoms in total. The third-order valence-electron chi connectivity index (χ3n) is 5.08. The van der Waals surface area contributed by atoms with Crippen molar-refractivity contribution in [3.63, 3.8) is 0 Å². The lowest BCUT2D eigenvalue weighted by molar-refractivity contribution is -0.132. The van der Waals surface area contributed by atoms with Crippen LogP contribution in [0.5, 0.6) is 0 Å². The zero-order valence-electron chi connectivity index (χ0n) is 15.8. The summed E-state index contributed by atoms with van der Waals surface area (Å²) in [5.41, 5.74) is 8.09.